The van der Waals surface area contributed by atoms with Crippen LogP contribution in [0, 0.1) is 5.92 Å². The van der Waals surface area contributed by atoms with Crippen molar-refractivity contribution in [1.29, 1.82) is 0 Å². The Bertz CT molecular complexity index is 601. The highest BCUT2D eigenvalue weighted by Crippen LogP contribution is 2.16. The average molecular weight is 244 g/mol. The highest BCUT2D eigenvalue weighted by atomic mass is 16.1. The number of nitrogens with one attached hydrogen (secondary N) is 2. The smallest absolute Gasteiger partial charge is 0.249 e. The van der Waals surface area contributed by atoms with Gasteiger partial charge in [-0.1, -0.05) is 0 Å². The van der Waals surface area contributed by atoms with Gasteiger partial charge in [-0.2, -0.15) is 0 Å². The molecule has 1 aliphatic rings. The maximum atomic E-state index is 11.3. The standard InChI is InChI=1S/C13H16N4O/c18-12-2-1-10-8-15-11(16-13(10)17-12)7-9-3-5-14-6-4-9/h1-2,8-9,14H,3-7H2,(H,15,16,17,18). The third-order valence-electron chi connectivity index (χ3n) is 3.45. The maximum Gasteiger partial charge on any atom is 0.249 e. The molecule has 3 heterocycles. The highest BCUT2D eigenvalue weighted by Gasteiger charge is 2.15. The average Bonchev–Trinajstić information content (AvgIpc) is 2.39. The normalized spacial score (nSPS) is 17.1. The van der Waals surface area contributed by atoms with Gasteiger partial charge in [0.25, 0.3) is 0 Å². The molecule has 0 spiro atoms. The van der Waals surface area contributed by atoms with Crippen LogP contribution in [0.25, 0.3) is 11.0 Å². The van der Waals surface area contributed by atoms with E-state index in [-0.39, 0.29) is 5.56 Å². The van der Waals surface area contributed by atoms with Gasteiger partial charge >= 0.3 is 0 Å². The third-order valence-corrected chi connectivity index (χ3v) is 3.45. The van der Waals surface area contributed by atoms with E-state index in [9.17, 15) is 4.79 Å². The van der Waals surface area contributed by atoms with E-state index in [0.29, 0.717) is 11.6 Å². The summed E-state index contributed by atoms with van der Waals surface area (Å²) in [4.78, 5) is 22.8. The van der Waals surface area contributed by atoms with Crippen LogP contribution >= 0.6 is 0 Å². The van der Waals surface area contributed by atoms with Crippen LogP contribution in [-0.2, 0) is 6.42 Å². The zero-order chi connectivity index (χ0) is 12.4. The molecule has 5 heteroatoms. The SMILES string of the molecule is O=c1ccc2cnc(CC3CCNCC3)nc2[nH]1. The fraction of sp³-hybridized carbons (Fsp3) is 0.462. The van der Waals surface area contributed by atoms with Crippen molar-refractivity contribution in [3.8, 4) is 0 Å². The molecule has 0 atom stereocenters. The molecule has 0 amide bonds. The van der Waals surface area contributed by atoms with Gasteiger partial charge in [-0.25, -0.2) is 9.97 Å². The van der Waals surface area contributed by atoms with Gasteiger partial charge in [-0.15, -0.1) is 0 Å². The molecule has 2 aromatic heterocycles. The van der Waals surface area contributed by atoms with E-state index in [1.807, 2.05) is 0 Å². The molecule has 0 unspecified atom stereocenters. The van der Waals surface area contributed by atoms with E-state index >= 15 is 0 Å². The lowest BCUT2D eigenvalue weighted by Crippen LogP contribution is -2.29. The van der Waals surface area contributed by atoms with Crippen molar-refractivity contribution >= 4 is 11.0 Å². The van der Waals surface area contributed by atoms with Crippen molar-refractivity contribution in [1.82, 2.24) is 20.3 Å². The summed E-state index contributed by atoms with van der Waals surface area (Å²) < 4.78 is 0. The first-order valence-corrected chi connectivity index (χ1v) is 6.37. The molecular weight excluding hydrogens is 228 g/mol. The molecule has 0 saturated carbocycles. The second-order valence-corrected chi connectivity index (χ2v) is 4.81. The van der Waals surface area contributed by atoms with Crippen molar-refractivity contribution < 1.29 is 0 Å². The fourth-order valence-electron chi connectivity index (χ4n) is 2.42. The van der Waals surface area contributed by atoms with Crippen molar-refractivity contribution in [2.75, 3.05) is 13.1 Å². The molecule has 1 aliphatic heterocycles. The van der Waals surface area contributed by atoms with Gasteiger partial charge in [0.05, 0.1) is 0 Å². The van der Waals surface area contributed by atoms with Gasteiger partial charge < -0.3 is 10.3 Å². The molecular formula is C13H16N4O. The Morgan fingerprint density at radius 3 is 2.94 bits per heavy atom. The van der Waals surface area contributed by atoms with E-state index in [1.54, 1.807) is 12.3 Å². The molecule has 2 aromatic rings. The number of fused-ring (bicyclic) bond motifs is 1. The zero-order valence-electron chi connectivity index (χ0n) is 10.1. The lowest BCUT2D eigenvalue weighted by molar-refractivity contribution is 0.367. The molecule has 0 aliphatic carbocycles. The fourth-order valence-corrected chi connectivity index (χ4v) is 2.42. The topological polar surface area (TPSA) is 70.7 Å². The summed E-state index contributed by atoms with van der Waals surface area (Å²) in [5.41, 5.74) is 0.524. The summed E-state index contributed by atoms with van der Waals surface area (Å²) in [5.74, 6) is 1.48. The maximum absolute atomic E-state index is 11.3. The van der Waals surface area contributed by atoms with Crippen LogP contribution < -0.4 is 10.9 Å². The summed E-state index contributed by atoms with van der Waals surface area (Å²) in [7, 11) is 0. The molecule has 0 aromatic carbocycles. The van der Waals surface area contributed by atoms with Crippen molar-refractivity contribution in [3.63, 3.8) is 0 Å². The third kappa shape index (κ3) is 2.41. The van der Waals surface area contributed by atoms with Crippen LogP contribution in [0.2, 0.25) is 0 Å². The van der Waals surface area contributed by atoms with Crippen molar-refractivity contribution in [3.05, 3.63) is 34.5 Å². The van der Waals surface area contributed by atoms with Gasteiger partial charge in [0.15, 0.2) is 0 Å². The molecule has 94 valence electrons. The Kier molecular flexibility index (Phi) is 3.06. The molecule has 2 N–H and O–H groups in total. The molecule has 1 saturated heterocycles. The second kappa shape index (κ2) is 4.86. The molecule has 1 fully saturated rings. The summed E-state index contributed by atoms with van der Waals surface area (Å²) in [5, 5.41) is 4.23. The minimum atomic E-state index is -0.117. The summed E-state index contributed by atoms with van der Waals surface area (Å²) in [6, 6.07) is 3.25. The minimum Gasteiger partial charge on any atom is -0.317 e. The number of piperidine rings is 1. The van der Waals surface area contributed by atoms with Crippen LogP contribution in [0.1, 0.15) is 18.7 Å². The number of nitrogens with zero attached hydrogens (tertiary/aromatic N) is 2. The Balaban J connectivity index is 1.85. The van der Waals surface area contributed by atoms with Gasteiger partial charge in [-0.3, -0.25) is 4.79 Å². The van der Waals surface area contributed by atoms with E-state index < -0.39 is 0 Å². The van der Waals surface area contributed by atoms with Crippen molar-refractivity contribution in [2.45, 2.75) is 19.3 Å². The van der Waals surface area contributed by atoms with E-state index in [2.05, 4.69) is 20.3 Å². The lowest BCUT2D eigenvalue weighted by atomic mass is 9.94. The van der Waals surface area contributed by atoms with Crippen LogP contribution in [0.4, 0.5) is 0 Å². The van der Waals surface area contributed by atoms with Gasteiger partial charge in [-0.05, 0) is 37.9 Å². The predicted octanol–water partition coefficient (Wildman–Crippen LogP) is 0.860. The lowest BCUT2D eigenvalue weighted by Gasteiger charge is -2.21. The van der Waals surface area contributed by atoms with Crippen LogP contribution in [0.5, 0.6) is 0 Å². The van der Waals surface area contributed by atoms with E-state index in [1.165, 1.54) is 18.9 Å². The number of H-pyrrole nitrogens is 1. The zero-order valence-corrected chi connectivity index (χ0v) is 10.1. The first-order chi connectivity index (χ1) is 8.81. The number of hydrogen-bond donors (Lipinski definition) is 2. The number of aromatic nitrogens is 3. The van der Waals surface area contributed by atoms with Gasteiger partial charge in [0, 0.05) is 24.1 Å². The first-order valence-electron chi connectivity index (χ1n) is 6.37. The van der Waals surface area contributed by atoms with Gasteiger partial charge in [0.2, 0.25) is 5.56 Å². The predicted molar refractivity (Wildman–Crippen MR) is 69.5 cm³/mol. The van der Waals surface area contributed by atoms with Gasteiger partial charge in [0.1, 0.15) is 11.5 Å². The monoisotopic (exact) mass is 244 g/mol. The largest absolute Gasteiger partial charge is 0.317 e. The number of aromatic amines is 1. The van der Waals surface area contributed by atoms with Crippen LogP contribution in [0.15, 0.2) is 23.1 Å². The van der Waals surface area contributed by atoms with Crippen molar-refractivity contribution in [2.24, 2.45) is 5.92 Å². The highest BCUT2D eigenvalue weighted by molar-refractivity contribution is 5.72. The second-order valence-electron chi connectivity index (χ2n) is 4.81. The summed E-state index contributed by atoms with van der Waals surface area (Å²) in [6.45, 7) is 2.16. The number of rotatable bonds is 2. The summed E-state index contributed by atoms with van der Waals surface area (Å²) in [6.07, 6.45) is 5.03. The Labute approximate surface area is 105 Å². The Morgan fingerprint density at radius 2 is 2.11 bits per heavy atom. The molecule has 0 radical (unpaired) electrons. The summed E-state index contributed by atoms with van der Waals surface area (Å²) >= 11 is 0. The molecule has 3 rings (SSSR count). The molecule has 18 heavy (non-hydrogen) atoms. The number of pyridine rings is 1. The molecule has 0 bridgehead atoms. The van der Waals surface area contributed by atoms with Crippen LogP contribution in [-0.4, -0.2) is 28.0 Å². The number of hydrogen-bond acceptors (Lipinski definition) is 4. The molecule has 5 nitrogen and oxygen atoms in total. The van der Waals surface area contributed by atoms with E-state index in [4.69, 9.17) is 0 Å². The Hall–Kier alpha value is -1.75. The first kappa shape index (κ1) is 11.3. The minimum absolute atomic E-state index is 0.117. The van der Waals surface area contributed by atoms with Crippen LogP contribution in [0.3, 0.4) is 0 Å². The Morgan fingerprint density at radius 1 is 1.28 bits per heavy atom. The quantitative estimate of drug-likeness (QED) is 0.822. The van der Waals surface area contributed by atoms with E-state index in [0.717, 1.165) is 30.7 Å².